The Kier molecular flexibility index (Phi) is 2.67. The first-order chi connectivity index (χ1) is 8.58. The second-order valence-corrected chi connectivity index (χ2v) is 5.90. The molecule has 0 unspecified atom stereocenters. The molecular formula is C17H15Br. The summed E-state index contributed by atoms with van der Waals surface area (Å²) in [5.74, 6) is 0. The van der Waals surface area contributed by atoms with Crippen LogP contribution in [-0.2, 0) is 0 Å². The SMILES string of the molecule is Cc1ccc2c(C)c(C)c3ccc(Br)cc3c2c1. The summed E-state index contributed by atoms with van der Waals surface area (Å²) in [5.41, 5.74) is 4.08. The summed E-state index contributed by atoms with van der Waals surface area (Å²) >= 11 is 3.58. The first-order valence-electron chi connectivity index (χ1n) is 6.17. The number of hydrogen-bond donors (Lipinski definition) is 0. The molecule has 0 heterocycles. The average Bonchev–Trinajstić information content (AvgIpc) is 2.36. The molecule has 0 spiro atoms. The van der Waals surface area contributed by atoms with Crippen molar-refractivity contribution in [2.24, 2.45) is 0 Å². The summed E-state index contributed by atoms with van der Waals surface area (Å²) in [6, 6.07) is 13.3. The Hall–Kier alpha value is -1.34. The van der Waals surface area contributed by atoms with Crippen LogP contribution < -0.4 is 0 Å². The standard InChI is InChI=1S/C17H15Br/c1-10-4-6-14-11(2)12(3)15-7-5-13(18)9-17(15)16(14)8-10/h4-9H,1-3H3. The lowest BCUT2D eigenvalue weighted by Crippen LogP contribution is -1.89. The van der Waals surface area contributed by atoms with Crippen LogP contribution in [0.15, 0.2) is 40.9 Å². The van der Waals surface area contributed by atoms with E-state index in [1.807, 2.05) is 0 Å². The van der Waals surface area contributed by atoms with Gasteiger partial charge in [0.25, 0.3) is 0 Å². The molecule has 0 aliphatic heterocycles. The molecule has 0 saturated heterocycles. The summed E-state index contributed by atoms with van der Waals surface area (Å²) in [4.78, 5) is 0. The molecule has 0 aromatic heterocycles. The highest BCUT2D eigenvalue weighted by Crippen LogP contribution is 2.34. The second kappa shape index (κ2) is 4.10. The van der Waals surface area contributed by atoms with E-state index in [1.165, 1.54) is 38.2 Å². The quantitative estimate of drug-likeness (QED) is 0.468. The first-order valence-corrected chi connectivity index (χ1v) is 6.96. The Labute approximate surface area is 116 Å². The lowest BCUT2D eigenvalue weighted by atomic mass is 9.92. The number of hydrogen-bond acceptors (Lipinski definition) is 0. The molecule has 0 bridgehead atoms. The van der Waals surface area contributed by atoms with Gasteiger partial charge in [-0.25, -0.2) is 0 Å². The van der Waals surface area contributed by atoms with Gasteiger partial charge >= 0.3 is 0 Å². The van der Waals surface area contributed by atoms with Crippen molar-refractivity contribution in [1.29, 1.82) is 0 Å². The van der Waals surface area contributed by atoms with Gasteiger partial charge in [0, 0.05) is 4.47 Å². The maximum atomic E-state index is 3.58. The van der Waals surface area contributed by atoms with Gasteiger partial charge in [0.2, 0.25) is 0 Å². The summed E-state index contributed by atoms with van der Waals surface area (Å²) in [6.45, 7) is 6.58. The van der Waals surface area contributed by atoms with Crippen LogP contribution >= 0.6 is 15.9 Å². The zero-order chi connectivity index (χ0) is 12.9. The van der Waals surface area contributed by atoms with E-state index in [1.54, 1.807) is 0 Å². The average molecular weight is 299 g/mol. The predicted octanol–water partition coefficient (Wildman–Crippen LogP) is 5.68. The molecule has 3 aromatic rings. The molecule has 0 nitrogen and oxygen atoms in total. The lowest BCUT2D eigenvalue weighted by Gasteiger charge is -2.13. The summed E-state index contributed by atoms with van der Waals surface area (Å²) in [5, 5.41) is 5.41. The summed E-state index contributed by atoms with van der Waals surface area (Å²) in [6.07, 6.45) is 0. The van der Waals surface area contributed by atoms with Crippen LogP contribution in [0.2, 0.25) is 0 Å². The van der Waals surface area contributed by atoms with Crippen molar-refractivity contribution in [3.63, 3.8) is 0 Å². The Morgan fingerprint density at radius 2 is 1.22 bits per heavy atom. The molecule has 0 fully saturated rings. The monoisotopic (exact) mass is 298 g/mol. The van der Waals surface area contributed by atoms with E-state index in [4.69, 9.17) is 0 Å². The van der Waals surface area contributed by atoms with Gasteiger partial charge in [0.1, 0.15) is 0 Å². The smallest absolute Gasteiger partial charge is 0.0181 e. The zero-order valence-electron chi connectivity index (χ0n) is 10.8. The largest absolute Gasteiger partial charge is 0.0587 e. The van der Waals surface area contributed by atoms with Crippen molar-refractivity contribution in [2.45, 2.75) is 20.8 Å². The number of benzene rings is 3. The molecule has 0 amide bonds. The summed E-state index contributed by atoms with van der Waals surface area (Å²) < 4.78 is 1.14. The van der Waals surface area contributed by atoms with E-state index >= 15 is 0 Å². The van der Waals surface area contributed by atoms with Crippen LogP contribution in [0, 0.1) is 20.8 Å². The minimum Gasteiger partial charge on any atom is -0.0587 e. The molecular weight excluding hydrogens is 284 g/mol. The van der Waals surface area contributed by atoms with E-state index in [0.717, 1.165) is 4.47 Å². The molecule has 0 atom stereocenters. The maximum absolute atomic E-state index is 3.58. The van der Waals surface area contributed by atoms with Crippen LogP contribution in [0.25, 0.3) is 21.5 Å². The Morgan fingerprint density at radius 1 is 0.667 bits per heavy atom. The van der Waals surface area contributed by atoms with Crippen molar-refractivity contribution < 1.29 is 0 Å². The van der Waals surface area contributed by atoms with Crippen molar-refractivity contribution in [1.82, 2.24) is 0 Å². The maximum Gasteiger partial charge on any atom is 0.0181 e. The number of halogens is 1. The highest BCUT2D eigenvalue weighted by molar-refractivity contribution is 9.10. The topological polar surface area (TPSA) is 0 Å². The third kappa shape index (κ3) is 1.65. The van der Waals surface area contributed by atoms with Gasteiger partial charge < -0.3 is 0 Å². The van der Waals surface area contributed by atoms with Gasteiger partial charge in [0.15, 0.2) is 0 Å². The van der Waals surface area contributed by atoms with Crippen molar-refractivity contribution in [3.05, 3.63) is 57.6 Å². The number of fused-ring (bicyclic) bond motifs is 3. The fourth-order valence-corrected chi connectivity index (χ4v) is 3.04. The molecule has 3 aromatic carbocycles. The second-order valence-electron chi connectivity index (χ2n) is 4.99. The van der Waals surface area contributed by atoms with E-state index in [9.17, 15) is 0 Å². The van der Waals surface area contributed by atoms with Crippen LogP contribution in [0.4, 0.5) is 0 Å². The van der Waals surface area contributed by atoms with Crippen LogP contribution in [0.5, 0.6) is 0 Å². The summed E-state index contributed by atoms with van der Waals surface area (Å²) in [7, 11) is 0. The van der Waals surface area contributed by atoms with E-state index in [-0.39, 0.29) is 0 Å². The number of aryl methyl sites for hydroxylation is 3. The Morgan fingerprint density at radius 3 is 1.89 bits per heavy atom. The van der Waals surface area contributed by atoms with Gasteiger partial charge in [-0.1, -0.05) is 45.8 Å². The minimum atomic E-state index is 1.14. The van der Waals surface area contributed by atoms with Crippen molar-refractivity contribution >= 4 is 37.5 Å². The van der Waals surface area contributed by atoms with Gasteiger partial charge in [-0.2, -0.15) is 0 Å². The molecule has 18 heavy (non-hydrogen) atoms. The van der Waals surface area contributed by atoms with E-state index in [0.29, 0.717) is 0 Å². The fourth-order valence-electron chi connectivity index (χ4n) is 2.68. The van der Waals surface area contributed by atoms with Crippen LogP contribution in [-0.4, -0.2) is 0 Å². The first kappa shape index (κ1) is 11.7. The molecule has 0 N–H and O–H groups in total. The van der Waals surface area contributed by atoms with Crippen LogP contribution in [0.3, 0.4) is 0 Å². The van der Waals surface area contributed by atoms with Gasteiger partial charge in [-0.3, -0.25) is 0 Å². The third-order valence-corrected chi connectivity index (χ3v) is 4.31. The lowest BCUT2D eigenvalue weighted by molar-refractivity contribution is 1.40. The molecule has 0 aliphatic carbocycles. The predicted molar refractivity (Wildman–Crippen MR) is 83.4 cm³/mol. The molecule has 90 valence electrons. The van der Waals surface area contributed by atoms with Crippen molar-refractivity contribution in [3.8, 4) is 0 Å². The van der Waals surface area contributed by atoms with Crippen molar-refractivity contribution in [2.75, 3.05) is 0 Å². The minimum absolute atomic E-state index is 1.14. The third-order valence-electron chi connectivity index (χ3n) is 3.82. The zero-order valence-corrected chi connectivity index (χ0v) is 12.4. The van der Waals surface area contributed by atoms with Crippen LogP contribution in [0.1, 0.15) is 16.7 Å². The van der Waals surface area contributed by atoms with Gasteiger partial charge in [0.05, 0.1) is 0 Å². The normalized spacial score (nSPS) is 11.3. The number of rotatable bonds is 0. The van der Waals surface area contributed by atoms with Gasteiger partial charge in [-0.05, 0) is 65.6 Å². The molecule has 0 saturated carbocycles. The fraction of sp³-hybridized carbons (Fsp3) is 0.176. The van der Waals surface area contributed by atoms with E-state index in [2.05, 4.69) is 73.1 Å². The van der Waals surface area contributed by atoms with E-state index < -0.39 is 0 Å². The van der Waals surface area contributed by atoms with Gasteiger partial charge in [-0.15, -0.1) is 0 Å². The Bertz CT molecular complexity index is 703. The molecule has 1 heteroatoms. The molecule has 3 rings (SSSR count). The molecule has 0 aliphatic rings. The Balaban J connectivity index is 2.64. The highest BCUT2D eigenvalue weighted by Gasteiger charge is 2.08. The molecule has 0 radical (unpaired) electrons. The highest BCUT2D eigenvalue weighted by atomic mass is 79.9.